The number of hydrogen-bond donors (Lipinski definition) is 3. The lowest BCUT2D eigenvalue weighted by molar-refractivity contribution is -0.136. The fourth-order valence-electron chi connectivity index (χ4n) is 3.05. The van der Waals surface area contributed by atoms with Crippen molar-refractivity contribution in [1.82, 2.24) is 10.7 Å². The number of carbonyl (C=O) groups excluding carboxylic acids is 3. The van der Waals surface area contributed by atoms with E-state index in [9.17, 15) is 14.4 Å². The van der Waals surface area contributed by atoms with Crippen LogP contribution in [0, 0.1) is 6.92 Å². The van der Waals surface area contributed by atoms with Crippen molar-refractivity contribution >= 4 is 41.2 Å². The summed E-state index contributed by atoms with van der Waals surface area (Å²) in [6.07, 6.45) is 3.45. The number of amides is 3. The highest BCUT2D eigenvalue weighted by Crippen LogP contribution is 2.19. The quantitative estimate of drug-likeness (QED) is 0.310. The van der Waals surface area contributed by atoms with Crippen LogP contribution in [-0.2, 0) is 19.1 Å². The number of hydrazone groups is 1. The van der Waals surface area contributed by atoms with Crippen LogP contribution in [0.3, 0.4) is 0 Å². The molecule has 174 valence electrons. The molecular formula is C23H25ClN4O5. The largest absolute Gasteiger partial charge is 0.484 e. The van der Waals surface area contributed by atoms with Crippen LogP contribution in [0.5, 0.6) is 5.75 Å². The molecule has 0 spiro atoms. The molecule has 1 aliphatic rings. The van der Waals surface area contributed by atoms with Crippen LogP contribution in [-0.4, -0.2) is 49.8 Å². The zero-order chi connectivity index (χ0) is 23.6. The van der Waals surface area contributed by atoms with Gasteiger partial charge >= 0.3 is 11.8 Å². The second kappa shape index (κ2) is 12.0. The van der Waals surface area contributed by atoms with Crippen LogP contribution >= 0.6 is 11.6 Å². The lowest BCUT2D eigenvalue weighted by atomic mass is 10.2. The normalized spacial score (nSPS) is 15.3. The first-order valence-electron chi connectivity index (χ1n) is 10.4. The number of hydrogen-bond acceptors (Lipinski definition) is 6. The summed E-state index contributed by atoms with van der Waals surface area (Å²) >= 11 is 5.88. The molecule has 9 nitrogen and oxygen atoms in total. The molecule has 33 heavy (non-hydrogen) atoms. The third kappa shape index (κ3) is 7.89. The summed E-state index contributed by atoms with van der Waals surface area (Å²) in [5, 5.41) is 9.61. The summed E-state index contributed by atoms with van der Waals surface area (Å²) < 4.78 is 10.9. The van der Waals surface area contributed by atoms with Gasteiger partial charge in [-0.25, -0.2) is 5.43 Å². The van der Waals surface area contributed by atoms with Crippen LogP contribution in [0.25, 0.3) is 0 Å². The maximum absolute atomic E-state index is 12.0. The summed E-state index contributed by atoms with van der Waals surface area (Å²) in [6.45, 7) is 2.90. The second-order valence-corrected chi connectivity index (χ2v) is 7.85. The summed E-state index contributed by atoms with van der Waals surface area (Å²) in [6, 6.07) is 11.7. The molecule has 0 radical (unpaired) electrons. The Morgan fingerprint density at radius 1 is 1.18 bits per heavy atom. The van der Waals surface area contributed by atoms with Crippen molar-refractivity contribution < 1.29 is 23.9 Å². The van der Waals surface area contributed by atoms with Crippen LogP contribution < -0.4 is 20.8 Å². The molecule has 3 amide bonds. The molecule has 0 aliphatic carbocycles. The van der Waals surface area contributed by atoms with Gasteiger partial charge in [0.25, 0.3) is 5.91 Å². The summed E-state index contributed by atoms with van der Waals surface area (Å²) in [7, 11) is 0. The Morgan fingerprint density at radius 3 is 2.67 bits per heavy atom. The lowest BCUT2D eigenvalue weighted by Crippen LogP contribution is -2.35. The molecule has 0 unspecified atom stereocenters. The van der Waals surface area contributed by atoms with E-state index >= 15 is 0 Å². The molecule has 10 heteroatoms. The first-order chi connectivity index (χ1) is 15.9. The Morgan fingerprint density at radius 2 is 1.97 bits per heavy atom. The monoisotopic (exact) mass is 472 g/mol. The number of aryl methyl sites for hydroxylation is 1. The number of ether oxygens (including phenoxy) is 2. The van der Waals surface area contributed by atoms with Gasteiger partial charge in [-0.15, -0.1) is 0 Å². The lowest BCUT2D eigenvalue weighted by Gasteiger charge is -2.11. The molecule has 0 saturated carbocycles. The minimum absolute atomic E-state index is 0.0839. The topological polar surface area (TPSA) is 118 Å². The summed E-state index contributed by atoms with van der Waals surface area (Å²) in [5.74, 6) is -1.46. The minimum Gasteiger partial charge on any atom is -0.484 e. The fraction of sp³-hybridized carbons (Fsp3) is 0.304. The van der Waals surface area contributed by atoms with E-state index in [0.717, 1.165) is 25.0 Å². The van der Waals surface area contributed by atoms with Gasteiger partial charge in [0.05, 0.1) is 12.3 Å². The van der Waals surface area contributed by atoms with E-state index in [1.54, 1.807) is 49.4 Å². The molecule has 2 aromatic rings. The predicted molar refractivity (Wildman–Crippen MR) is 124 cm³/mol. The first kappa shape index (κ1) is 24.2. The van der Waals surface area contributed by atoms with E-state index in [-0.39, 0.29) is 18.6 Å². The van der Waals surface area contributed by atoms with Crippen molar-refractivity contribution in [1.29, 1.82) is 0 Å². The van der Waals surface area contributed by atoms with Gasteiger partial charge in [-0.1, -0.05) is 11.6 Å². The maximum Gasteiger partial charge on any atom is 0.329 e. The number of rotatable bonds is 8. The predicted octanol–water partition coefficient (Wildman–Crippen LogP) is 2.41. The Hall–Kier alpha value is -3.43. The average Bonchev–Trinajstić information content (AvgIpc) is 3.32. The van der Waals surface area contributed by atoms with Gasteiger partial charge in [0.2, 0.25) is 0 Å². The van der Waals surface area contributed by atoms with Crippen molar-refractivity contribution in [3.8, 4) is 5.75 Å². The average molecular weight is 473 g/mol. The second-order valence-electron chi connectivity index (χ2n) is 7.41. The molecular weight excluding hydrogens is 448 g/mol. The highest BCUT2D eigenvalue weighted by atomic mass is 35.5. The number of anilines is 1. The molecule has 1 aliphatic heterocycles. The highest BCUT2D eigenvalue weighted by Gasteiger charge is 2.16. The number of carbonyl (C=O) groups is 3. The SMILES string of the molecule is Cc1cc(Cl)ccc1NC(=O)C(=O)N/N=C\c1ccc(OCC(=O)NC[C@H]2CCCO2)cc1. The van der Waals surface area contributed by atoms with Gasteiger partial charge in [-0.2, -0.15) is 5.10 Å². The third-order valence-corrected chi connectivity index (χ3v) is 5.06. The van der Waals surface area contributed by atoms with E-state index in [2.05, 4.69) is 21.2 Å². The Balaban J connectivity index is 1.39. The molecule has 0 aromatic heterocycles. The van der Waals surface area contributed by atoms with E-state index in [1.165, 1.54) is 6.21 Å². The smallest absolute Gasteiger partial charge is 0.329 e. The van der Waals surface area contributed by atoms with Crippen LogP contribution in [0.15, 0.2) is 47.6 Å². The van der Waals surface area contributed by atoms with Crippen molar-refractivity contribution in [2.45, 2.75) is 25.9 Å². The van der Waals surface area contributed by atoms with Crippen molar-refractivity contribution in [3.63, 3.8) is 0 Å². The van der Waals surface area contributed by atoms with E-state index < -0.39 is 11.8 Å². The molecule has 3 N–H and O–H groups in total. The van der Waals surface area contributed by atoms with Gasteiger partial charge < -0.3 is 20.1 Å². The van der Waals surface area contributed by atoms with Gasteiger partial charge in [-0.3, -0.25) is 14.4 Å². The molecule has 2 aromatic carbocycles. The van der Waals surface area contributed by atoms with Crippen LogP contribution in [0.2, 0.25) is 5.02 Å². The van der Waals surface area contributed by atoms with Crippen LogP contribution in [0.1, 0.15) is 24.0 Å². The van der Waals surface area contributed by atoms with Crippen molar-refractivity contribution in [3.05, 3.63) is 58.6 Å². The Kier molecular flexibility index (Phi) is 8.79. The van der Waals surface area contributed by atoms with Gasteiger partial charge in [0.1, 0.15) is 5.75 Å². The van der Waals surface area contributed by atoms with Crippen molar-refractivity contribution in [2.75, 3.05) is 25.1 Å². The standard InChI is InChI=1S/C23H25ClN4O5/c1-15-11-17(24)6-9-20(15)27-22(30)23(31)28-26-12-16-4-7-18(8-5-16)33-14-21(29)25-13-19-3-2-10-32-19/h4-9,11-12,19H,2-3,10,13-14H2,1H3,(H,25,29)(H,27,30)(H,28,31)/b26-12-/t19-/m1/s1. The van der Waals surface area contributed by atoms with E-state index in [4.69, 9.17) is 21.1 Å². The summed E-state index contributed by atoms with van der Waals surface area (Å²) in [5.41, 5.74) is 4.06. The fourth-order valence-corrected chi connectivity index (χ4v) is 3.27. The number of nitrogens with zero attached hydrogens (tertiary/aromatic N) is 1. The molecule has 1 heterocycles. The van der Waals surface area contributed by atoms with Gasteiger partial charge in [0.15, 0.2) is 6.61 Å². The zero-order valence-corrected chi connectivity index (χ0v) is 18.9. The number of halogens is 1. The zero-order valence-electron chi connectivity index (χ0n) is 18.1. The Bertz CT molecular complexity index is 1020. The van der Waals surface area contributed by atoms with Crippen molar-refractivity contribution in [2.24, 2.45) is 5.10 Å². The van der Waals surface area contributed by atoms with Crippen LogP contribution in [0.4, 0.5) is 5.69 Å². The molecule has 0 bridgehead atoms. The molecule has 1 fully saturated rings. The van der Waals surface area contributed by atoms with Gasteiger partial charge in [-0.05, 0) is 73.4 Å². The van der Waals surface area contributed by atoms with E-state index in [1.807, 2.05) is 0 Å². The number of nitrogens with one attached hydrogen (secondary N) is 3. The molecule has 1 saturated heterocycles. The minimum atomic E-state index is -0.908. The highest BCUT2D eigenvalue weighted by molar-refractivity contribution is 6.39. The summed E-state index contributed by atoms with van der Waals surface area (Å²) in [4.78, 5) is 35.8. The van der Waals surface area contributed by atoms with E-state index in [0.29, 0.717) is 28.6 Å². The molecule has 1 atom stereocenters. The first-order valence-corrected chi connectivity index (χ1v) is 10.8. The van der Waals surface area contributed by atoms with Gasteiger partial charge in [0, 0.05) is 23.9 Å². The number of benzene rings is 2. The Labute approximate surface area is 196 Å². The molecule has 3 rings (SSSR count). The third-order valence-electron chi connectivity index (χ3n) is 4.82. The maximum atomic E-state index is 12.0.